The van der Waals surface area contributed by atoms with Crippen LogP contribution in [0.1, 0.15) is 25.8 Å². The summed E-state index contributed by atoms with van der Waals surface area (Å²) in [5.41, 5.74) is 1.47. The van der Waals surface area contributed by atoms with E-state index in [2.05, 4.69) is 45.7 Å². The number of rotatable bonds is 6. The summed E-state index contributed by atoms with van der Waals surface area (Å²) in [6.07, 6.45) is 2.61. The van der Waals surface area contributed by atoms with Gasteiger partial charge in [-0.25, -0.2) is 0 Å². The van der Waals surface area contributed by atoms with E-state index in [0.717, 1.165) is 18.7 Å². The van der Waals surface area contributed by atoms with Gasteiger partial charge in [-0.2, -0.15) is 15.3 Å². The Kier molecular flexibility index (Phi) is 5.04. The predicted octanol–water partition coefficient (Wildman–Crippen LogP) is 2.94. The lowest BCUT2D eigenvalue weighted by Crippen LogP contribution is -2.09. The highest BCUT2D eigenvalue weighted by molar-refractivity contribution is 5.57. The molecular formula is C15H18N6. The lowest BCUT2D eigenvalue weighted by atomic mass is 10.1. The molecule has 0 radical (unpaired) electrons. The van der Waals surface area contributed by atoms with E-state index in [1.807, 2.05) is 12.1 Å². The summed E-state index contributed by atoms with van der Waals surface area (Å²) in [6, 6.07) is 9.23. The van der Waals surface area contributed by atoms with Crippen molar-refractivity contribution in [2.75, 3.05) is 17.2 Å². The van der Waals surface area contributed by atoms with Crippen molar-refractivity contribution in [3.05, 3.63) is 36.0 Å². The normalized spacial score (nSPS) is 10.2. The number of nitrogens with one attached hydrogen (secondary N) is 2. The molecule has 0 unspecified atom stereocenters. The molecule has 0 aliphatic heterocycles. The van der Waals surface area contributed by atoms with Crippen molar-refractivity contribution in [2.24, 2.45) is 5.92 Å². The Morgan fingerprint density at radius 2 is 2.00 bits per heavy atom. The van der Waals surface area contributed by atoms with E-state index in [-0.39, 0.29) is 0 Å². The molecule has 0 bridgehead atoms. The van der Waals surface area contributed by atoms with Crippen LogP contribution in [0.2, 0.25) is 0 Å². The maximum atomic E-state index is 8.77. The summed E-state index contributed by atoms with van der Waals surface area (Å²) in [5.74, 6) is 1.75. The minimum absolute atomic E-state index is 0.509. The fourth-order valence-electron chi connectivity index (χ4n) is 1.69. The summed E-state index contributed by atoms with van der Waals surface area (Å²) < 4.78 is 0. The molecule has 1 aromatic heterocycles. The topological polar surface area (TPSA) is 86.5 Å². The summed E-state index contributed by atoms with van der Waals surface area (Å²) in [7, 11) is 0. The molecule has 0 atom stereocenters. The summed E-state index contributed by atoms with van der Waals surface area (Å²) >= 11 is 0. The van der Waals surface area contributed by atoms with Gasteiger partial charge in [-0.15, -0.1) is 5.10 Å². The van der Waals surface area contributed by atoms with Crippen molar-refractivity contribution in [1.82, 2.24) is 15.2 Å². The van der Waals surface area contributed by atoms with Gasteiger partial charge in [0.05, 0.1) is 17.8 Å². The highest BCUT2D eigenvalue weighted by Crippen LogP contribution is 2.15. The minimum Gasteiger partial charge on any atom is -0.353 e. The average Bonchev–Trinajstić information content (AvgIpc) is 2.48. The lowest BCUT2D eigenvalue weighted by Gasteiger charge is -2.08. The van der Waals surface area contributed by atoms with Gasteiger partial charge in [0.2, 0.25) is 5.95 Å². The summed E-state index contributed by atoms with van der Waals surface area (Å²) in [4.78, 5) is 4.35. The zero-order valence-corrected chi connectivity index (χ0v) is 12.2. The number of nitrogens with zero attached hydrogens (tertiary/aromatic N) is 4. The zero-order chi connectivity index (χ0) is 15.1. The van der Waals surface area contributed by atoms with Crippen LogP contribution in [0.25, 0.3) is 0 Å². The molecule has 21 heavy (non-hydrogen) atoms. The highest BCUT2D eigenvalue weighted by atomic mass is 15.3. The Morgan fingerprint density at radius 3 is 2.67 bits per heavy atom. The van der Waals surface area contributed by atoms with Gasteiger partial charge in [0.25, 0.3) is 0 Å². The van der Waals surface area contributed by atoms with Crippen LogP contribution >= 0.6 is 0 Å². The Labute approximate surface area is 124 Å². The number of anilines is 3. The van der Waals surface area contributed by atoms with E-state index < -0.39 is 0 Å². The summed E-state index contributed by atoms with van der Waals surface area (Å²) in [6.45, 7) is 5.16. The minimum atomic E-state index is 0.509. The van der Waals surface area contributed by atoms with Gasteiger partial charge in [-0.05, 0) is 36.6 Å². The van der Waals surface area contributed by atoms with Gasteiger partial charge in [0.1, 0.15) is 0 Å². The molecule has 6 heteroatoms. The Balaban J connectivity index is 1.98. The maximum absolute atomic E-state index is 8.77. The third-order valence-corrected chi connectivity index (χ3v) is 2.85. The van der Waals surface area contributed by atoms with Crippen molar-refractivity contribution in [3.8, 4) is 6.07 Å². The van der Waals surface area contributed by atoms with Crippen LogP contribution in [0.3, 0.4) is 0 Å². The number of nitriles is 1. The van der Waals surface area contributed by atoms with Gasteiger partial charge in [0, 0.05) is 12.2 Å². The number of hydrogen-bond acceptors (Lipinski definition) is 6. The molecular weight excluding hydrogens is 264 g/mol. The van der Waals surface area contributed by atoms with Crippen molar-refractivity contribution >= 4 is 17.5 Å². The van der Waals surface area contributed by atoms with E-state index in [1.54, 1.807) is 18.3 Å². The van der Waals surface area contributed by atoms with E-state index >= 15 is 0 Å². The molecule has 0 aliphatic rings. The lowest BCUT2D eigenvalue weighted by molar-refractivity contribution is 0.605. The third-order valence-electron chi connectivity index (χ3n) is 2.85. The quantitative estimate of drug-likeness (QED) is 0.847. The van der Waals surface area contributed by atoms with Gasteiger partial charge in [0.15, 0.2) is 5.82 Å². The van der Waals surface area contributed by atoms with Crippen LogP contribution < -0.4 is 10.6 Å². The molecule has 6 nitrogen and oxygen atoms in total. The first-order chi connectivity index (χ1) is 10.2. The van der Waals surface area contributed by atoms with E-state index in [9.17, 15) is 0 Å². The average molecular weight is 282 g/mol. The second-order valence-electron chi connectivity index (χ2n) is 5.09. The second kappa shape index (κ2) is 7.20. The van der Waals surface area contributed by atoms with E-state index in [4.69, 9.17) is 5.26 Å². The van der Waals surface area contributed by atoms with Crippen molar-refractivity contribution in [1.29, 1.82) is 5.26 Å². The van der Waals surface area contributed by atoms with Crippen LogP contribution in [0.5, 0.6) is 0 Å². The van der Waals surface area contributed by atoms with E-state index in [0.29, 0.717) is 23.2 Å². The first-order valence-electron chi connectivity index (χ1n) is 6.88. The fourth-order valence-corrected chi connectivity index (χ4v) is 1.69. The number of hydrogen-bond donors (Lipinski definition) is 2. The molecule has 2 N–H and O–H groups in total. The van der Waals surface area contributed by atoms with E-state index in [1.165, 1.54) is 0 Å². The molecule has 0 saturated carbocycles. The molecule has 0 saturated heterocycles. The summed E-state index contributed by atoms with van der Waals surface area (Å²) in [5, 5.41) is 22.9. The largest absolute Gasteiger partial charge is 0.353 e. The second-order valence-corrected chi connectivity index (χ2v) is 5.09. The van der Waals surface area contributed by atoms with Crippen molar-refractivity contribution < 1.29 is 0 Å². The highest BCUT2D eigenvalue weighted by Gasteiger charge is 2.02. The van der Waals surface area contributed by atoms with Gasteiger partial charge in [-0.1, -0.05) is 13.8 Å². The van der Waals surface area contributed by atoms with Crippen molar-refractivity contribution in [2.45, 2.75) is 20.3 Å². The molecule has 0 fully saturated rings. The van der Waals surface area contributed by atoms with Crippen LogP contribution in [-0.2, 0) is 0 Å². The molecule has 108 valence electrons. The molecule has 1 aromatic carbocycles. The monoisotopic (exact) mass is 282 g/mol. The Morgan fingerprint density at radius 1 is 1.24 bits per heavy atom. The van der Waals surface area contributed by atoms with Gasteiger partial charge in [-0.3, -0.25) is 0 Å². The smallest absolute Gasteiger partial charge is 0.244 e. The Bertz CT molecular complexity index is 615. The van der Waals surface area contributed by atoms with Crippen LogP contribution in [0.15, 0.2) is 30.5 Å². The maximum Gasteiger partial charge on any atom is 0.244 e. The SMILES string of the molecule is CC(C)CCNc1nncc(Nc2ccc(C#N)cc2)n1. The van der Waals surface area contributed by atoms with Crippen LogP contribution in [-0.4, -0.2) is 21.7 Å². The van der Waals surface area contributed by atoms with Gasteiger partial charge < -0.3 is 10.6 Å². The first-order valence-corrected chi connectivity index (χ1v) is 6.88. The number of aromatic nitrogens is 3. The Hall–Kier alpha value is -2.68. The third kappa shape index (κ3) is 4.73. The van der Waals surface area contributed by atoms with Gasteiger partial charge >= 0.3 is 0 Å². The standard InChI is InChI=1S/C15H18N6/c1-11(2)7-8-17-15-20-14(10-18-21-15)19-13-5-3-12(9-16)4-6-13/h3-6,10-11H,7-8H2,1-2H3,(H2,17,19,20,21). The fraction of sp³-hybridized carbons (Fsp3) is 0.333. The zero-order valence-electron chi connectivity index (χ0n) is 12.2. The molecule has 2 aromatic rings. The molecule has 0 aliphatic carbocycles. The predicted molar refractivity (Wildman–Crippen MR) is 82.2 cm³/mol. The first kappa shape index (κ1) is 14.7. The van der Waals surface area contributed by atoms with Crippen molar-refractivity contribution in [3.63, 3.8) is 0 Å². The molecule has 0 spiro atoms. The molecule has 1 heterocycles. The molecule has 0 amide bonds. The van der Waals surface area contributed by atoms with Crippen LogP contribution in [0, 0.1) is 17.2 Å². The molecule has 2 rings (SSSR count). The van der Waals surface area contributed by atoms with Crippen LogP contribution in [0.4, 0.5) is 17.5 Å². The number of benzene rings is 1.